The lowest BCUT2D eigenvalue weighted by molar-refractivity contribution is 0.468. The van der Waals surface area contributed by atoms with Gasteiger partial charge in [0.1, 0.15) is 0 Å². The number of aromatic nitrogens is 2. The molecular formula is C15H23N3. The summed E-state index contributed by atoms with van der Waals surface area (Å²) in [6.45, 7) is 4.47. The van der Waals surface area contributed by atoms with Crippen LogP contribution in [0.15, 0.2) is 49.1 Å². The van der Waals surface area contributed by atoms with Crippen LogP contribution in [-0.2, 0) is 0 Å². The van der Waals surface area contributed by atoms with Crippen LogP contribution in [0.4, 0.5) is 0 Å². The molecule has 0 spiro atoms. The number of rotatable bonds is 3. The van der Waals surface area contributed by atoms with Gasteiger partial charge in [0.25, 0.3) is 0 Å². The first-order chi connectivity index (χ1) is 8.70. The van der Waals surface area contributed by atoms with E-state index in [0.717, 1.165) is 0 Å². The zero-order valence-corrected chi connectivity index (χ0v) is 11.7. The Balaban J connectivity index is 0.000000492. The van der Waals surface area contributed by atoms with Gasteiger partial charge >= 0.3 is 0 Å². The first-order valence-corrected chi connectivity index (χ1v) is 6.31. The topological polar surface area (TPSA) is 29.9 Å². The molecule has 0 radical (unpaired) electrons. The highest BCUT2D eigenvalue weighted by atomic mass is 15.0. The molecule has 0 bridgehead atoms. The smallest absolute Gasteiger partial charge is 0.0948 e. The van der Waals surface area contributed by atoms with Crippen molar-refractivity contribution in [2.45, 2.75) is 25.8 Å². The summed E-state index contributed by atoms with van der Waals surface area (Å²) in [6.07, 6.45) is 5.72. The van der Waals surface area contributed by atoms with Crippen molar-refractivity contribution in [2.75, 3.05) is 14.1 Å². The molecule has 1 N–H and O–H groups in total. The maximum atomic E-state index is 4.08. The second-order valence-corrected chi connectivity index (χ2v) is 4.45. The molecule has 3 nitrogen and oxygen atoms in total. The van der Waals surface area contributed by atoms with Crippen molar-refractivity contribution in [3.05, 3.63) is 54.6 Å². The van der Waals surface area contributed by atoms with Gasteiger partial charge in [-0.05, 0) is 26.6 Å². The predicted octanol–water partition coefficient (Wildman–Crippen LogP) is 3.08. The minimum atomic E-state index is 0.440. The molecule has 0 aliphatic heterocycles. The van der Waals surface area contributed by atoms with Gasteiger partial charge in [-0.2, -0.15) is 0 Å². The third-order valence-electron chi connectivity index (χ3n) is 3.04. The van der Waals surface area contributed by atoms with Crippen molar-refractivity contribution in [3.63, 3.8) is 0 Å². The molecule has 2 unspecified atom stereocenters. The molecule has 1 heterocycles. The zero-order chi connectivity index (χ0) is 13.4. The Hall–Kier alpha value is -1.61. The van der Waals surface area contributed by atoms with Gasteiger partial charge < -0.3 is 9.88 Å². The molecule has 2 aromatic rings. The summed E-state index contributed by atoms with van der Waals surface area (Å²) < 4.78 is 2.15. The van der Waals surface area contributed by atoms with Crippen LogP contribution < -0.4 is 5.32 Å². The fourth-order valence-electron chi connectivity index (χ4n) is 1.80. The largest absolute Gasteiger partial charge is 0.334 e. The van der Waals surface area contributed by atoms with Gasteiger partial charge in [-0.15, -0.1) is 0 Å². The SMILES string of the molecule is CC(c1ccccc1)C(C)n1ccnc1.CNC. The molecule has 0 aliphatic carbocycles. The van der Waals surface area contributed by atoms with Gasteiger partial charge in [-0.25, -0.2) is 4.98 Å². The molecule has 0 saturated heterocycles. The average Bonchev–Trinajstić information content (AvgIpc) is 2.93. The zero-order valence-electron chi connectivity index (χ0n) is 11.7. The lowest BCUT2D eigenvalue weighted by Crippen LogP contribution is -2.10. The first-order valence-electron chi connectivity index (χ1n) is 6.31. The van der Waals surface area contributed by atoms with Crippen LogP contribution in [0, 0.1) is 0 Å². The van der Waals surface area contributed by atoms with Crippen LogP contribution in [0.2, 0.25) is 0 Å². The molecule has 2 atom stereocenters. The quantitative estimate of drug-likeness (QED) is 0.900. The Labute approximate surface area is 110 Å². The maximum Gasteiger partial charge on any atom is 0.0948 e. The van der Waals surface area contributed by atoms with E-state index in [1.165, 1.54) is 5.56 Å². The van der Waals surface area contributed by atoms with Crippen LogP contribution in [0.5, 0.6) is 0 Å². The van der Waals surface area contributed by atoms with Crippen molar-refractivity contribution in [3.8, 4) is 0 Å². The summed E-state index contributed by atoms with van der Waals surface area (Å²) >= 11 is 0. The standard InChI is InChI=1S/C13H16N2.C2H7N/c1-11(13-6-4-3-5-7-13)12(2)15-9-8-14-10-15;1-3-2/h3-12H,1-2H3;3H,1-2H3. The van der Waals surface area contributed by atoms with E-state index < -0.39 is 0 Å². The third kappa shape index (κ3) is 4.00. The van der Waals surface area contributed by atoms with Gasteiger partial charge in [0, 0.05) is 24.4 Å². The van der Waals surface area contributed by atoms with Gasteiger partial charge in [-0.1, -0.05) is 37.3 Å². The number of nitrogens with zero attached hydrogens (tertiary/aromatic N) is 2. The molecule has 1 aromatic carbocycles. The van der Waals surface area contributed by atoms with Crippen molar-refractivity contribution in [2.24, 2.45) is 0 Å². The fraction of sp³-hybridized carbons (Fsp3) is 0.400. The van der Waals surface area contributed by atoms with Crippen molar-refractivity contribution in [1.82, 2.24) is 14.9 Å². The molecule has 0 fully saturated rings. The highest BCUT2D eigenvalue weighted by Crippen LogP contribution is 2.27. The molecule has 0 saturated carbocycles. The number of imidazole rings is 1. The van der Waals surface area contributed by atoms with E-state index >= 15 is 0 Å². The van der Waals surface area contributed by atoms with E-state index in [1.807, 2.05) is 32.8 Å². The Morgan fingerprint density at radius 2 is 1.72 bits per heavy atom. The monoisotopic (exact) mass is 245 g/mol. The van der Waals surface area contributed by atoms with Gasteiger partial charge in [0.2, 0.25) is 0 Å². The maximum absolute atomic E-state index is 4.08. The molecule has 18 heavy (non-hydrogen) atoms. The van der Waals surface area contributed by atoms with Crippen LogP contribution in [0.1, 0.15) is 31.4 Å². The third-order valence-corrected chi connectivity index (χ3v) is 3.04. The molecular weight excluding hydrogens is 222 g/mol. The Kier molecular flexibility index (Phi) is 6.15. The second-order valence-electron chi connectivity index (χ2n) is 4.45. The summed E-state index contributed by atoms with van der Waals surface area (Å²) in [4.78, 5) is 4.08. The molecule has 98 valence electrons. The molecule has 1 aromatic heterocycles. The van der Waals surface area contributed by atoms with Crippen LogP contribution >= 0.6 is 0 Å². The Morgan fingerprint density at radius 3 is 2.22 bits per heavy atom. The minimum Gasteiger partial charge on any atom is -0.334 e. The number of nitrogens with one attached hydrogen (secondary N) is 1. The lowest BCUT2D eigenvalue weighted by atomic mass is 9.94. The van der Waals surface area contributed by atoms with E-state index in [0.29, 0.717) is 12.0 Å². The van der Waals surface area contributed by atoms with E-state index in [1.54, 1.807) is 0 Å². The Bertz CT molecular complexity index is 409. The normalized spacial score (nSPS) is 13.3. The summed E-state index contributed by atoms with van der Waals surface area (Å²) in [6, 6.07) is 11.0. The number of hydrogen-bond acceptors (Lipinski definition) is 2. The van der Waals surface area contributed by atoms with Crippen LogP contribution in [0.25, 0.3) is 0 Å². The van der Waals surface area contributed by atoms with Gasteiger partial charge in [0.05, 0.1) is 6.33 Å². The number of benzene rings is 1. The summed E-state index contributed by atoms with van der Waals surface area (Å²) in [5.41, 5.74) is 1.37. The van der Waals surface area contributed by atoms with Crippen molar-refractivity contribution < 1.29 is 0 Å². The summed E-state index contributed by atoms with van der Waals surface area (Å²) in [7, 11) is 3.75. The average molecular weight is 245 g/mol. The van der Waals surface area contributed by atoms with E-state index in [9.17, 15) is 0 Å². The highest BCUT2D eigenvalue weighted by molar-refractivity contribution is 5.19. The van der Waals surface area contributed by atoms with Crippen LogP contribution in [-0.4, -0.2) is 23.6 Å². The summed E-state index contributed by atoms with van der Waals surface area (Å²) in [5.74, 6) is 0.500. The Morgan fingerprint density at radius 1 is 1.11 bits per heavy atom. The highest BCUT2D eigenvalue weighted by Gasteiger charge is 2.14. The molecule has 0 amide bonds. The minimum absolute atomic E-state index is 0.440. The summed E-state index contributed by atoms with van der Waals surface area (Å²) in [5, 5.41) is 2.75. The van der Waals surface area contributed by atoms with Gasteiger partial charge in [-0.3, -0.25) is 0 Å². The lowest BCUT2D eigenvalue weighted by Gasteiger charge is -2.21. The van der Waals surface area contributed by atoms with Crippen LogP contribution in [0.3, 0.4) is 0 Å². The molecule has 0 aliphatic rings. The van der Waals surface area contributed by atoms with E-state index in [4.69, 9.17) is 0 Å². The molecule has 2 rings (SSSR count). The molecule has 3 heteroatoms. The van der Waals surface area contributed by atoms with Crippen molar-refractivity contribution >= 4 is 0 Å². The predicted molar refractivity (Wildman–Crippen MR) is 76.8 cm³/mol. The van der Waals surface area contributed by atoms with E-state index in [-0.39, 0.29) is 0 Å². The first kappa shape index (κ1) is 14.5. The fourth-order valence-corrected chi connectivity index (χ4v) is 1.80. The number of hydrogen-bond donors (Lipinski definition) is 1. The van der Waals surface area contributed by atoms with Gasteiger partial charge in [0.15, 0.2) is 0 Å². The second kappa shape index (κ2) is 7.67. The van der Waals surface area contributed by atoms with E-state index in [2.05, 4.69) is 59.0 Å². The van der Waals surface area contributed by atoms with Crippen molar-refractivity contribution in [1.29, 1.82) is 0 Å².